The van der Waals surface area contributed by atoms with Crippen LogP contribution in [0.25, 0.3) is 6.08 Å². The molecule has 0 aliphatic rings. The SMILES string of the molecule is COC(=O)c1cccc(C=CCCSC(C)=O)c1N. The third-order valence-corrected chi connectivity index (χ3v) is 3.28. The van der Waals surface area contributed by atoms with Crippen molar-refractivity contribution in [3.05, 3.63) is 35.4 Å². The van der Waals surface area contributed by atoms with Crippen LogP contribution in [0.1, 0.15) is 29.3 Å². The van der Waals surface area contributed by atoms with Crippen molar-refractivity contribution >= 4 is 34.6 Å². The summed E-state index contributed by atoms with van der Waals surface area (Å²) in [4.78, 5) is 22.2. The highest BCUT2D eigenvalue weighted by molar-refractivity contribution is 8.13. The summed E-state index contributed by atoms with van der Waals surface area (Å²) in [7, 11) is 1.32. The van der Waals surface area contributed by atoms with Gasteiger partial charge < -0.3 is 10.5 Å². The smallest absolute Gasteiger partial charge is 0.339 e. The van der Waals surface area contributed by atoms with E-state index in [1.807, 2.05) is 18.2 Å². The van der Waals surface area contributed by atoms with Crippen molar-refractivity contribution in [1.29, 1.82) is 0 Å². The van der Waals surface area contributed by atoms with Gasteiger partial charge in [0.25, 0.3) is 0 Å². The molecule has 0 spiro atoms. The summed E-state index contributed by atoms with van der Waals surface area (Å²) < 4.78 is 4.66. The lowest BCUT2D eigenvalue weighted by molar-refractivity contribution is -0.109. The Morgan fingerprint density at radius 2 is 2.16 bits per heavy atom. The fraction of sp³-hybridized carbons (Fsp3) is 0.286. The monoisotopic (exact) mass is 279 g/mol. The molecule has 0 aliphatic carbocycles. The van der Waals surface area contributed by atoms with Gasteiger partial charge in [-0.1, -0.05) is 36.0 Å². The lowest BCUT2D eigenvalue weighted by Crippen LogP contribution is -2.06. The zero-order valence-electron chi connectivity index (χ0n) is 11.0. The van der Waals surface area contributed by atoms with Crippen LogP contribution in [0.2, 0.25) is 0 Å². The van der Waals surface area contributed by atoms with E-state index in [0.29, 0.717) is 11.3 Å². The Bertz CT molecular complexity index is 497. The Labute approximate surface area is 117 Å². The van der Waals surface area contributed by atoms with Crippen molar-refractivity contribution in [2.24, 2.45) is 0 Å². The highest BCUT2D eigenvalue weighted by Crippen LogP contribution is 2.20. The van der Waals surface area contributed by atoms with E-state index in [2.05, 4.69) is 4.74 Å². The zero-order chi connectivity index (χ0) is 14.3. The van der Waals surface area contributed by atoms with E-state index < -0.39 is 5.97 Å². The Hall–Kier alpha value is -1.75. The van der Waals surface area contributed by atoms with E-state index in [9.17, 15) is 9.59 Å². The van der Waals surface area contributed by atoms with E-state index in [1.54, 1.807) is 19.1 Å². The Balaban J connectivity index is 2.71. The Kier molecular flexibility index (Phi) is 6.15. The molecule has 0 bridgehead atoms. The number of methoxy groups -OCH3 is 1. The van der Waals surface area contributed by atoms with Gasteiger partial charge in [0, 0.05) is 12.7 Å². The van der Waals surface area contributed by atoms with Crippen LogP contribution in [-0.4, -0.2) is 23.9 Å². The van der Waals surface area contributed by atoms with Crippen molar-refractivity contribution in [3.63, 3.8) is 0 Å². The molecule has 0 saturated heterocycles. The second kappa shape index (κ2) is 7.63. The van der Waals surface area contributed by atoms with Gasteiger partial charge in [-0.2, -0.15) is 0 Å². The molecule has 1 aromatic rings. The predicted molar refractivity (Wildman–Crippen MR) is 79.0 cm³/mol. The molecule has 0 fully saturated rings. The molecule has 0 amide bonds. The fourth-order valence-corrected chi connectivity index (χ4v) is 2.04. The van der Waals surface area contributed by atoms with Gasteiger partial charge in [0.2, 0.25) is 0 Å². The van der Waals surface area contributed by atoms with Gasteiger partial charge in [-0.25, -0.2) is 4.79 Å². The standard InChI is InChI=1S/C14H17NO3S/c1-10(16)19-9-4-3-6-11-7-5-8-12(13(11)15)14(17)18-2/h3,5-8H,4,9,15H2,1-2H3. The minimum absolute atomic E-state index is 0.112. The normalized spacial score (nSPS) is 10.6. The summed E-state index contributed by atoms with van der Waals surface area (Å²) in [5.41, 5.74) is 7.46. The predicted octanol–water partition coefficient (Wildman–Crippen LogP) is 2.74. The van der Waals surface area contributed by atoms with Crippen LogP contribution in [0.15, 0.2) is 24.3 Å². The second-order valence-electron chi connectivity index (χ2n) is 3.83. The highest BCUT2D eigenvalue weighted by Gasteiger charge is 2.10. The van der Waals surface area contributed by atoms with E-state index in [0.717, 1.165) is 17.7 Å². The Morgan fingerprint density at radius 1 is 1.42 bits per heavy atom. The minimum Gasteiger partial charge on any atom is -0.465 e. The summed E-state index contributed by atoms with van der Waals surface area (Å²) >= 11 is 1.29. The first-order chi connectivity index (χ1) is 9.06. The fourth-order valence-electron chi connectivity index (χ4n) is 1.50. The van der Waals surface area contributed by atoms with E-state index >= 15 is 0 Å². The van der Waals surface area contributed by atoms with Gasteiger partial charge in [0.1, 0.15) is 0 Å². The number of carbonyl (C=O) groups is 2. The first-order valence-corrected chi connectivity index (χ1v) is 6.81. The molecule has 1 rings (SSSR count). The molecule has 102 valence electrons. The van der Waals surface area contributed by atoms with Crippen LogP contribution in [-0.2, 0) is 9.53 Å². The van der Waals surface area contributed by atoms with Gasteiger partial charge >= 0.3 is 5.97 Å². The number of ether oxygens (including phenoxy) is 1. The number of thioether (sulfide) groups is 1. The molecule has 0 radical (unpaired) electrons. The molecular formula is C14H17NO3S. The van der Waals surface area contributed by atoms with Crippen LogP contribution in [0.4, 0.5) is 5.69 Å². The van der Waals surface area contributed by atoms with Gasteiger partial charge in [-0.05, 0) is 18.1 Å². The first-order valence-electron chi connectivity index (χ1n) is 5.83. The summed E-state index contributed by atoms with van der Waals surface area (Å²) in [5, 5.41) is 0.112. The summed E-state index contributed by atoms with van der Waals surface area (Å²) in [6, 6.07) is 5.22. The minimum atomic E-state index is -0.445. The number of allylic oxidation sites excluding steroid dienone is 1. The number of anilines is 1. The summed E-state index contributed by atoms with van der Waals surface area (Å²) in [6.45, 7) is 1.55. The van der Waals surface area contributed by atoms with Crippen molar-refractivity contribution in [2.45, 2.75) is 13.3 Å². The van der Waals surface area contributed by atoms with E-state index in [-0.39, 0.29) is 5.12 Å². The lowest BCUT2D eigenvalue weighted by Gasteiger charge is -2.06. The third kappa shape index (κ3) is 4.79. The number of hydrogen-bond acceptors (Lipinski definition) is 5. The average Bonchev–Trinajstić information content (AvgIpc) is 2.39. The number of rotatable bonds is 5. The first kappa shape index (κ1) is 15.3. The molecule has 19 heavy (non-hydrogen) atoms. The molecule has 1 aromatic carbocycles. The topological polar surface area (TPSA) is 69.4 Å². The van der Waals surface area contributed by atoms with Gasteiger partial charge in [0.05, 0.1) is 18.4 Å². The maximum Gasteiger partial charge on any atom is 0.339 e. The molecule has 5 heteroatoms. The molecule has 0 heterocycles. The second-order valence-corrected chi connectivity index (χ2v) is 5.10. The van der Waals surface area contributed by atoms with Crippen LogP contribution >= 0.6 is 11.8 Å². The summed E-state index contributed by atoms with van der Waals surface area (Å²) in [6.07, 6.45) is 4.55. The van der Waals surface area contributed by atoms with E-state index in [1.165, 1.54) is 18.9 Å². The molecule has 0 aromatic heterocycles. The van der Waals surface area contributed by atoms with Crippen LogP contribution in [0.3, 0.4) is 0 Å². The number of benzene rings is 1. The molecular weight excluding hydrogens is 262 g/mol. The molecule has 0 atom stereocenters. The Morgan fingerprint density at radius 3 is 2.79 bits per heavy atom. The number of para-hydroxylation sites is 1. The number of nitrogen functional groups attached to an aromatic ring is 1. The average molecular weight is 279 g/mol. The van der Waals surface area contributed by atoms with Crippen LogP contribution < -0.4 is 5.73 Å². The maximum absolute atomic E-state index is 11.5. The summed E-state index contributed by atoms with van der Waals surface area (Å²) in [5.74, 6) is 0.294. The largest absolute Gasteiger partial charge is 0.465 e. The van der Waals surface area contributed by atoms with Gasteiger partial charge in [-0.15, -0.1) is 0 Å². The van der Waals surface area contributed by atoms with E-state index in [4.69, 9.17) is 5.73 Å². The molecule has 2 N–H and O–H groups in total. The third-order valence-electron chi connectivity index (χ3n) is 2.43. The van der Waals surface area contributed by atoms with Crippen molar-refractivity contribution in [2.75, 3.05) is 18.6 Å². The number of nitrogens with two attached hydrogens (primary N) is 1. The number of carbonyl (C=O) groups excluding carboxylic acids is 2. The van der Waals surface area contributed by atoms with Crippen LogP contribution in [0.5, 0.6) is 0 Å². The molecule has 4 nitrogen and oxygen atoms in total. The van der Waals surface area contributed by atoms with Crippen molar-refractivity contribution < 1.29 is 14.3 Å². The van der Waals surface area contributed by atoms with Gasteiger partial charge in [0.15, 0.2) is 5.12 Å². The quantitative estimate of drug-likeness (QED) is 0.510. The van der Waals surface area contributed by atoms with Crippen molar-refractivity contribution in [3.8, 4) is 0 Å². The molecule has 0 aliphatic heterocycles. The van der Waals surface area contributed by atoms with Crippen molar-refractivity contribution in [1.82, 2.24) is 0 Å². The zero-order valence-corrected chi connectivity index (χ0v) is 11.8. The highest BCUT2D eigenvalue weighted by atomic mass is 32.2. The molecule has 0 saturated carbocycles. The maximum atomic E-state index is 11.5. The van der Waals surface area contributed by atoms with Crippen LogP contribution in [0, 0.1) is 0 Å². The molecule has 0 unspecified atom stereocenters. The number of esters is 1. The lowest BCUT2D eigenvalue weighted by atomic mass is 10.1. The van der Waals surface area contributed by atoms with Gasteiger partial charge in [-0.3, -0.25) is 4.79 Å². The number of hydrogen-bond donors (Lipinski definition) is 1.